The summed E-state index contributed by atoms with van der Waals surface area (Å²) in [6.45, 7) is 4.05. The van der Waals surface area contributed by atoms with Crippen molar-refractivity contribution >= 4 is 0 Å². The summed E-state index contributed by atoms with van der Waals surface area (Å²) in [5, 5.41) is 0. The van der Waals surface area contributed by atoms with Gasteiger partial charge in [-0.25, -0.2) is 0 Å². The number of methoxy groups -OCH3 is 2. The lowest BCUT2D eigenvalue weighted by molar-refractivity contribution is -0.323. The van der Waals surface area contributed by atoms with E-state index in [2.05, 4.69) is 6.92 Å². The first kappa shape index (κ1) is 13.0. The summed E-state index contributed by atoms with van der Waals surface area (Å²) >= 11 is 0. The summed E-state index contributed by atoms with van der Waals surface area (Å²) in [5.74, 6) is -0.166. The molecule has 0 atom stereocenters. The number of rotatable bonds is 6. The minimum atomic E-state index is -0.981. The van der Waals surface area contributed by atoms with Crippen LogP contribution in [0.4, 0.5) is 0 Å². The van der Waals surface area contributed by atoms with E-state index in [1.165, 1.54) is 0 Å². The van der Waals surface area contributed by atoms with Gasteiger partial charge in [0.1, 0.15) is 5.75 Å². The van der Waals surface area contributed by atoms with E-state index in [9.17, 15) is 0 Å². The van der Waals surface area contributed by atoms with E-state index in [1.807, 2.05) is 31.2 Å². The normalized spacial score (nSPS) is 11.5. The Bertz CT molecular complexity index is 310. The van der Waals surface area contributed by atoms with Gasteiger partial charge in [0.2, 0.25) is 0 Å². The van der Waals surface area contributed by atoms with Crippen molar-refractivity contribution in [3.63, 3.8) is 0 Å². The Balaban J connectivity index is 2.93. The third-order valence-corrected chi connectivity index (χ3v) is 2.67. The zero-order valence-corrected chi connectivity index (χ0v) is 10.4. The molecule has 3 nitrogen and oxygen atoms in total. The topological polar surface area (TPSA) is 27.7 Å². The molecule has 0 heterocycles. The maximum absolute atomic E-state index is 5.83. The van der Waals surface area contributed by atoms with Crippen LogP contribution >= 0.6 is 0 Å². The zero-order valence-electron chi connectivity index (χ0n) is 10.4. The first-order chi connectivity index (χ1) is 7.71. The van der Waals surface area contributed by atoms with Crippen molar-refractivity contribution in [3.05, 3.63) is 29.8 Å². The van der Waals surface area contributed by atoms with Gasteiger partial charge in [0, 0.05) is 20.6 Å². The van der Waals surface area contributed by atoms with E-state index in [0.29, 0.717) is 6.42 Å². The van der Waals surface area contributed by atoms with Gasteiger partial charge in [-0.2, -0.15) is 0 Å². The third-order valence-electron chi connectivity index (χ3n) is 2.67. The van der Waals surface area contributed by atoms with Crippen molar-refractivity contribution in [3.8, 4) is 5.75 Å². The fourth-order valence-electron chi connectivity index (χ4n) is 1.59. The molecule has 0 radical (unpaired) electrons. The molecule has 0 bridgehead atoms. The average molecular weight is 224 g/mol. The Morgan fingerprint density at radius 1 is 1.06 bits per heavy atom. The first-order valence-corrected chi connectivity index (χ1v) is 5.58. The van der Waals surface area contributed by atoms with E-state index in [0.717, 1.165) is 17.7 Å². The lowest BCUT2D eigenvalue weighted by atomic mass is 10.1. The number of hydrogen-bond donors (Lipinski definition) is 0. The van der Waals surface area contributed by atoms with Crippen LogP contribution < -0.4 is 4.74 Å². The van der Waals surface area contributed by atoms with Crippen LogP contribution in [0.1, 0.15) is 25.8 Å². The fraction of sp³-hybridized carbons (Fsp3) is 0.538. The molecule has 0 fully saturated rings. The van der Waals surface area contributed by atoms with E-state index >= 15 is 0 Å². The van der Waals surface area contributed by atoms with Gasteiger partial charge in [0.25, 0.3) is 0 Å². The number of benzene rings is 1. The highest BCUT2D eigenvalue weighted by Gasteiger charge is 2.30. The summed E-state index contributed by atoms with van der Waals surface area (Å²) in [6.07, 6.45) is 1.54. The van der Waals surface area contributed by atoms with Crippen LogP contribution in [-0.2, 0) is 15.9 Å². The second-order valence-electron chi connectivity index (χ2n) is 3.51. The minimum Gasteiger partial charge on any atom is -0.439 e. The van der Waals surface area contributed by atoms with Crippen molar-refractivity contribution in [1.29, 1.82) is 0 Å². The molecular formula is C13H20O3. The summed E-state index contributed by atoms with van der Waals surface area (Å²) in [7, 11) is 3.17. The van der Waals surface area contributed by atoms with Crippen LogP contribution in [0, 0.1) is 0 Å². The third kappa shape index (κ3) is 2.74. The zero-order chi connectivity index (χ0) is 12.0. The standard InChI is InChI=1S/C13H20O3/c1-5-11-9-7-8-10-12(11)16-13(6-2,14-3)15-4/h7-10H,5-6H2,1-4H3. The monoisotopic (exact) mass is 224 g/mol. The molecule has 0 amide bonds. The highest BCUT2D eigenvalue weighted by Crippen LogP contribution is 2.26. The Morgan fingerprint density at radius 2 is 1.69 bits per heavy atom. The number of hydrogen-bond acceptors (Lipinski definition) is 3. The van der Waals surface area contributed by atoms with Gasteiger partial charge in [0.15, 0.2) is 0 Å². The Hall–Kier alpha value is -1.06. The van der Waals surface area contributed by atoms with Crippen LogP contribution in [-0.4, -0.2) is 20.2 Å². The van der Waals surface area contributed by atoms with Crippen LogP contribution in [0.3, 0.4) is 0 Å². The van der Waals surface area contributed by atoms with E-state index < -0.39 is 5.97 Å². The maximum atomic E-state index is 5.83. The van der Waals surface area contributed by atoms with Crippen molar-refractivity contribution in [1.82, 2.24) is 0 Å². The number of para-hydroxylation sites is 1. The summed E-state index contributed by atoms with van der Waals surface area (Å²) in [6, 6.07) is 7.92. The molecule has 3 heteroatoms. The molecule has 0 N–H and O–H groups in total. The Morgan fingerprint density at radius 3 is 2.19 bits per heavy atom. The van der Waals surface area contributed by atoms with Gasteiger partial charge in [-0.15, -0.1) is 0 Å². The van der Waals surface area contributed by atoms with E-state index in [-0.39, 0.29) is 0 Å². The second kappa shape index (κ2) is 5.87. The van der Waals surface area contributed by atoms with Crippen LogP contribution in [0.15, 0.2) is 24.3 Å². The fourth-order valence-corrected chi connectivity index (χ4v) is 1.59. The summed E-state index contributed by atoms with van der Waals surface area (Å²) in [4.78, 5) is 0. The molecule has 0 saturated heterocycles. The Kier molecular flexibility index (Phi) is 4.77. The van der Waals surface area contributed by atoms with Gasteiger partial charge in [-0.3, -0.25) is 0 Å². The minimum absolute atomic E-state index is 0.623. The average Bonchev–Trinajstić information content (AvgIpc) is 2.36. The van der Waals surface area contributed by atoms with Gasteiger partial charge in [0.05, 0.1) is 0 Å². The smallest absolute Gasteiger partial charge is 0.326 e. The SMILES string of the molecule is CCc1ccccc1OC(CC)(OC)OC. The van der Waals surface area contributed by atoms with Crippen molar-refractivity contribution in [2.75, 3.05) is 14.2 Å². The van der Waals surface area contributed by atoms with Crippen molar-refractivity contribution in [2.45, 2.75) is 32.7 Å². The molecule has 1 aromatic rings. The van der Waals surface area contributed by atoms with Crippen LogP contribution in [0.5, 0.6) is 5.75 Å². The predicted molar refractivity (Wildman–Crippen MR) is 63.5 cm³/mol. The highest BCUT2D eigenvalue weighted by molar-refractivity contribution is 5.33. The van der Waals surface area contributed by atoms with Crippen molar-refractivity contribution < 1.29 is 14.2 Å². The first-order valence-electron chi connectivity index (χ1n) is 5.58. The van der Waals surface area contributed by atoms with Crippen LogP contribution in [0.25, 0.3) is 0 Å². The largest absolute Gasteiger partial charge is 0.439 e. The molecule has 0 spiro atoms. The molecule has 16 heavy (non-hydrogen) atoms. The quantitative estimate of drug-likeness (QED) is 0.695. The highest BCUT2D eigenvalue weighted by atomic mass is 16.9. The number of aryl methyl sites for hydroxylation is 1. The molecular weight excluding hydrogens is 204 g/mol. The molecule has 0 aliphatic carbocycles. The predicted octanol–water partition coefficient (Wildman–Crippen LogP) is 2.98. The lowest BCUT2D eigenvalue weighted by Gasteiger charge is -2.30. The molecule has 0 aromatic heterocycles. The molecule has 90 valence electrons. The van der Waals surface area contributed by atoms with Crippen molar-refractivity contribution in [2.24, 2.45) is 0 Å². The summed E-state index contributed by atoms with van der Waals surface area (Å²) in [5.41, 5.74) is 1.15. The second-order valence-corrected chi connectivity index (χ2v) is 3.51. The molecule has 0 unspecified atom stereocenters. The molecule has 1 aromatic carbocycles. The van der Waals surface area contributed by atoms with Gasteiger partial charge < -0.3 is 14.2 Å². The molecule has 1 rings (SSSR count). The summed E-state index contributed by atoms with van der Waals surface area (Å²) < 4.78 is 16.4. The molecule has 0 aliphatic rings. The van der Waals surface area contributed by atoms with Gasteiger partial charge in [-0.1, -0.05) is 32.0 Å². The Labute approximate surface area is 97.3 Å². The maximum Gasteiger partial charge on any atom is 0.326 e. The lowest BCUT2D eigenvalue weighted by Crippen LogP contribution is -2.39. The molecule has 0 aliphatic heterocycles. The van der Waals surface area contributed by atoms with Crippen LogP contribution in [0.2, 0.25) is 0 Å². The van der Waals surface area contributed by atoms with E-state index in [4.69, 9.17) is 14.2 Å². The van der Waals surface area contributed by atoms with Gasteiger partial charge in [-0.05, 0) is 18.1 Å². The van der Waals surface area contributed by atoms with Gasteiger partial charge >= 0.3 is 5.97 Å². The number of ether oxygens (including phenoxy) is 3. The molecule has 0 saturated carbocycles. The van der Waals surface area contributed by atoms with E-state index in [1.54, 1.807) is 14.2 Å².